The molecule has 0 N–H and O–H groups in total. The summed E-state index contributed by atoms with van der Waals surface area (Å²) in [4.78, 5) is 17.6. The number of likely N-dealkylation sites (tertiary alicyclic amines) is 1. The second-order valence-electron chi connectivity index (χ2n) is 8.81. The second-order valence-corrected chi connectivity index (χ2v) is 8.81. The Hall–Kier alpha value is -2.73. The van der Waals surface area contributed by atoms with Gasteiger partial charge >= 0.3 is 0 Å². The quantitative estimate of drug-likeness (QED) is 0.592. The predicted molar refractivity (Wildman–Crippen MR) is 125 cm³/mol. The Morgan fingerprint density at radius 3 is 2.62 bits per heavy atom. The Labute approximate surface area is 191 Å². The lowest BCUT2D eigenvalue weighted by Gasteiger charge is -2.34. The van der Waals surface area contributed by atoms with Crippen molar-refractivity contribution in [2.24, 2.45) is 5.92 Å². The second kappa shape index (κ2) is 10.3. The van der Waals surface area contributed by atoms with E-state index in [4.69, 9.17) is 14.2 Å². The first-order valence-corrected chi connectivity index (χ1v) is 11.5. The van der Waals surface area contributed by atoms with Crippen LogP contribution >= 0.6 is 0 Å². The zero-order chi connectivity index (χ0) is 22.5. The zero-order valence-electron chi connectivity index (χ0n) is 19.4. The molecule has 2 aliphatic heterocycles. The Morgan fingerprint density at radius 2 is 1.84 bits per heavy atom. The monoisotopic (exact) mass is 438 g/mol. The molecule has 172 valence electrons. The number of rotatable bonds is 9. The number of amides is 1. The molecule has 2 aromatic carbocycles. The van der Waals surface area contributed by atoms with Crippen LogP contribution < -0.4 is 14.2 Å². The molecule has 0 bridgehead atoms. The van der Waals surface area contributed by atoms with Crippen LogP contribution in [0.25, 0.3) is 0 Å². The van der Waals surface area contributed by atoms with Crippen molar-refractivity contribution in [2.75, 3.05) is 47.5 Å². The molecule has 0 aliphatic carbocycles. The molecule has 1 amide bonds. The topological polar surface area (TPSA) is 51.2 Å². The molecule has 2 aromatic rings. The number of piperidine rings is 1. The van der Waals surface area contributed by atoms with E-state index in [0.29, 0.717) is 24.0 Å². The van der Waals surface area contributed by atoms with Gasteiger partial charge in [0.15, 0.2) is 11.5 Å². The van der Waals surface area contributed by atoms with E-state index < -0.39 is 0 Å². The standard InChI is InChI=1S/C26H34N2O4/c1-30-22-10-4-7-19(13-22)8-5-11-27-12-6-9-20(16-27)17-28-18-21-14-24(31-2)25(32-3)15-23(21)26(28)29/h4,7,10,13-15,20H,5-6,8-9,11-12,16-18H2,1-3H3. The van der Waals surface area contributed by atoms with Gasteiger partial charge in [0.25, 0.3) is 5.91 Å². The number of carbonyl (C=O) groups excluding carboxylic acids is 1. The van der Waals surface area contributed by atoms with Crippen LogP contribution in [0.2, 0.25) is 0 Å². The van der Waals surface area contributed by atoms with Crippen molar-refractivity contribution in [2.45, 2.75) is 32.2 Å². The number of nitrogens with zero attached hydrogens (tertiary/aromatic N) is 2. The maximum Gasteiger partial charge on any atom is 0.254 e. The minimum Gasteiger partial charge on any atom is -0.497 e. The minimum absolute atomic E-state index is 0.108. The van der Waals surface area contributed by atoms with Gasteiger partial charge in [0.2, 0.25) is 0 Å². The van der Waals surface area contributed by atoms with Gasteiger partial charge < -0.3 is 24.0 Å². The smallest absolute Gasteiger partial charge is 0.254 e. The molecule has 6 heteroatoms. The highest BCUT2D eigenvalue weighted by atomic mass is 16.5. The summed E-state index contributed by atoms with van der Waals surface area (Å²) in [5.74, 6) is 2.84. The van der Waals surface area contributed by atoms with Gasteiger partial charge in [-0.1, -0.05) is 12.1 Å². The number of benzene rings is 2. The number of methoxy groups -OCH3 is 3. The molecule has 2 aliphatic rings. The maximum absolute atomic E-state index is 13.0. The molecule has 6 nitrogen and oxygen atoms in total. The van der Waals surface area contributed by atoms with Crippen molar-refractivity contribution in [1.29, 1.82) is 0 Å². The van der Waals surface area contributed by atoms with E-state index in [-0.39, 0.29) is 5.91 Å². The molecule has 0 radical (unpaired) electrons. The van der Waals surface area contributed by atoms with E-state index in [2.05, 4.69) is 23.1 Å². The highest BCUT2D eigenvalue weighted by Gasteiger charge is 2.32. The zero-order valence-corrected chi connectivity index (χ0v) is 19.4. The largest absolute Gasteiger partial charge is 0.497 e. The molecule has 4 rings (SSSR count). The van der Waals surface area contributed by atoms with E-state index >= 15 is 0 Å². The number of hydrogen-bond donors (Lipinski definition) is 0. The molecule has 2 heterocycles. The van der Waals surface area contributed by atoms with Crippen molar-refractivity contribution in [3.63, 3.8) is 0 Å². The molecule has 0 saturated carbocycles. The highest BCUT2D eigenvalue weighted by Crippen LogP contribution is 2.35. The number of carbonyl (C=O) groups is 1. The van der Waals surface area contributed by atoms with Gasteiger partial charge in [-0.15, -0.1) is 0 Å². The third kappa shape index (κ3) is 5.01. The average molecular weight is 439 g/mol. The van der Waals surface area contributed by atoms with Crippen LogP contribution in [0, 0.1) is 5.92 Å². The number of ether oxygens (including phenoxy) is 3. The fourth-order valence-electron chi connectivity index (χ4n) is 5.00. The number of fused-ring (bicyclic) bond motifs is 1. The predicted octanol–water partition coefficient (Wildman–Crippen LogP) is 4.01. The number of aryl methyl sites for hydroxylation is 1. The maximum atomic E-state index is 13.0. The van der Waals surface area contributed by atoms with Gasteiger partial charge in [-0.3, -0.25) is 4.79 Å². The molecule has 1 fully saturated rings. The van der Waals surface area contributed by atoms with Crippen LogP contribution in [-0.4, -0.2) is 63.2 Å². The van der Waals surface area contributed by atoms with E-state index in [1.165, 1.54) is 18.4 Å². The molecule has 1 atom stereocenters. The van der Waals surface area contributed by atoms with Crippen molar-refractivity contribution >= 4 is 5.91 Å². The lowest BCUT2D eigenvalue weighted by Crippen LogP contribution is -2.41. The Kier molecular flexibility index (Phi) is 7.20. The Bertz CT molecular complexity index is 945. The van der Waals surface area contributed by atoms with E-state index in [1.54, 1.807) is 21.3 Å². The van der Waals surface area contributed by atoms with Crippen molar-refractivity contribution in [3.05, 3.63) is 53.1 Å². The molecule has 1 saturated heterocycles. The summed E-state index contributed by atoms with van der Waals surface area (Å²) < 4.78 is 16.1. The fourth-order valence-corrected chi connectivity index (χ4v) is 5.00. The average Bonchev–Trinajstić information content (AvgIpc) is 3.12. The third-order valence-electron chi connectivity index (χ3n) is 6.64. The van der Waals surface area contributed by atoms with Crippen LogP contribution in [0.3, 0.4) is 0 Å². The molecule has 0 spiro atoms. The summed E-state index contributed by atoms with van der Waals surface area (Å²) >= 11 is 0. The normalized spacial score (nSPS) is 18.5. The SMILES string of the molecule is COc1cccc(CCCN2CCCC(CN3Cc4cc(OC)c(OC)cc4C3=O)C2)c1. The summed E-state index contributed by atoms with van der Waals surface area (Å²) in [5, 5.41) is 0. The van der Waals surface area contributed by atoms with Gasteiger partial charge in [0.05, 0.1) is 21.3 Å². The molecule has 32 heavy (non-hydrogen) atoms. The first-order valence-electron chi connectivity index (χ1n) is 11.5. The lowest BCUT2D eigenvalue weighted by atomic mass is 9.97. The minimum atomic E-state index is 0.108. The van der Waals surface area contributed by atoms with Gasteiger partial charge in [-0.2, -0.15) is 0 Å². The summed E-state index contributed by atoms with van der Waals surface area (Å²) in [6.07, 6.45) is 4.56. The summed E-state index contributed by atoms with van der Waals surface area (Å²) in [5.41, 5.74) is 3.09. The van der Waals surface area contributed by atoms with Crippen LogP contribution in [-0.2, 0) is 13.0 Å². The van der Waals surface area contributed by atoms with Crippen LogP contribution in [0.5, 0.6) is 17.2 Å². The van der Waals surface area contributed by atoms with Crippen LogP contribution in [0.15, 0.2) is 36.4 Å². The first-order chi connectivity index (χ1) is 15.6. The van der Waals surface area contributed by atoms with E-state index in [1.807, 2.05) is 23.1 Å². The van der Waals surface area contributed by atoms with E-state index in [9.17, 15) is 4.79 Å². The van der Waals surface area contributed by atoms with Gasteiger partial charge in [-0.25, -0.2) is 0 Å². The molecular formula is C26H34N2O4. The van der Waals surface area contributed by atoms with Crippen molar-refractivity contribution < 1.29 is 19.0 Å². The number of hydrogen-bond acceptors (Lipinski definition) is 5. The molecule has 0 aromatic heterocycles. The fraction of sp³-hybridized carbons (Fsp3) is 0.500. The van der Waals surface area contributed by atoms with Crippen molar-refractivity contribution in [3.8, 4) is 17.2 Å². The lowest BCUT2D eigenvalue weighted by molar-refractivity contribution is 0.0701. The molecule has 1 unspecified atom stereocenters. The van der Waals surface area contributed by atoms with Gasteiger partial charge in [-0.05, 0) is 80.1 Å². The first kappa shape index (κ1) is 22.5. The van der Waals surface area contributed by atoms with Crippen molar-refractivity contribution in [1.82, 2.24) is 9.80 Å². The highest BCUT2D eigenvalue weighted by molar-refractivity contribution is 5.99. The van der Waals surface area contributed by atoms with Gasteiger partial charge in [0, 0.05) is 25.2 Å². The van der Waals surface area contributed by atoms with E-state index in [0.717, 1.165) is 55.9 Å². The summed E-state index contributed by atoms with van der Waals surface area (Å²) in [6, 6.07) is 12.1. The molecular weight excluding hydrogens is 404 g/mol. The van der Waals surface area contributed by atoms with Crippen LogP contribution in [0.1, 0.15) is 40.7 Å². The Morgan fingerprint density at radius 1 is 1.03 bits per heavy atom. The summed E-state index contributed by atoms with van der Waals surface area (Å²) in [6.45, 7) is 4.77. The van der Waals surface area contributed by atoms with Crippen LogP contribution in [0.4, 0.5) is 0 Å². The Balaban J connectivity index is 1.29. The van der Waals surface area contributed by atoms with Gasteiger partial charge in [0.1, 0.15) is 5.75 Å². The third-order valence-corrected chi connectivity index (χ3v) is 6.64. The summed E-state index contributed by atoms with van der Waals surface area (Å²) in [7, 11) is 4.94.